The summed E-state index contributed by atoms with van der Waals surface area (Å²) < 4.78 is 5.57. The van der Waals surface area contributed by atoms with Crippen LogP contribution >= 0.6 is 0 Å². The van der Waals surface area contributed by atoms with Crippen LogP contribution in [0.15, 0.2) is 97.1 Å². The topological polar surface area (TPSA) is 26.3 Å². The van der Waals surface area contributed by atoms with Gasteiger partial charge in [-0.25, -0.2) is 4.79 Å². The Balaban J connectivity index is 1.60. The Labute approximate surface area is 159 Å². The molecule has 0 aliphatic rings. The number of carbonyl (C=O) groups is 1. The van der Waals surface area contributed by atoms with Crippen LogP contribution in [0.2, 0.25) is 0 Å². The first-order chi connectivity index (χ1) is 13.3. The third-order valence-corrected chi connectivity index (χ3v) is 4.69. The lowest BCUT2D eigenvalue weighted by molar-refractivity contribution is 0.0510. The Bertz CT molecular complexity index is 1060. The third-order valence-electron chi connectivity index (χ3n) is 4.69. The van der Waals surface area contributed by atoms with Gasteiger partial charge in [-0.1, -0.05) is 91.0 Å². The SMILES string of the molecule is O=C(OCCc1ccccc1)c1ccccc1-c1cccc2ccccc12. The van der Waals surface area contributed by atoms with Crippen LogP contribution in [0.5, 0.6) is 0 Å². The maximum Gasteiger partial charge on any atom is 0.338 e. The van der Waals surface area contributed by atoms with Crippen LogP contribution in [0, 0.1) is 0 Å². The zero-order chi connectivity index (χ0) is 18.5. The molecule has 0 saturated heterocycles. The second-order valence-corrected chi connectivity index (χ2v) is 6.44. The molecule has 0 aliphatic heterocycles. The van der Waals surface area contributed by atoms with Gasteiger partial charge in [-0.05, 0) is 33.5 Å². The quantitative estimate of drug-likeness (QED) is 0.418. The van der Waals surface area contributed by atoms with Crippen LogP contribution in [0.1, 0.15) is 15.9 Å². The molecule has 4 aromatic carbocycles. The van der Waals surface area contributed by atoms with Crippen molar-refractivity contribution in [1.82, 2.24) is 0 Å². The average Bonchev–Trinajstić information content (AvgIpc) is 2.74. The smallest absolute Gasteiger partial charge is 0.338 e. The summed E-state index contributed by atoms with van der Waals surface area (Å²) in [7, 11) is 0. The summed E-state index contributed by atoms with van der Waals surface area (Å²) in [6, 6.07) is 32.1. The molecule has 0 N–H and O–H groups in total. The molecule has 0 aliphatic carbocycles. The second-order valence-electron chi connectivity index (χ2n) is 6.44. The Hall–Kier alpha value is -3.39. The fourth-order valence-corrected chi connectivity index (χ4v) is 3.34. The summed E-state index contributed by atoms with van der Waals surface area (Å²) in [6.07, 6.45) is 0.711. The van der Waals surface area contributed by atoms with E-state index in [9.17, 15) is 4.79 Å². The van der Waals surface area contributed by atoms with Gasteiger partial charge in [-0.2, -0.15) is 0 Å². The highest BCUT2D eigenvalue weighted by molar-refractivity contribution is 6.04. The predicted molar refractivity (Wildman–Crippen MR) is 110 cm³/mol. The highest BCUT2D eigenvalue weighted by Gasteiger charge is 2.15. The van der Waals surface area contributed by atoms with Gasteiger partial charge in [0.1, 0.15) is 0 Å². The van der Waals surface area contributed by atoms with Gasteiger partial charge < -0.3 is 4.74 Å². The van der Waals surface area contributed by atoms with Gasteiger partial charge >= 0.3 is 5.97 Å². The zero-order valence-corrected chi connectivity index (χ0v) is 15.0. The Kier molecular flexibility index (Phi) is 4.97. The molecule has 0 radical (unpaired) electrons. The number of ether oxygens (including phenoxy) is 1. The minimum absolute atomic E-state index is 0.283. The summed E-state index contributed by atoms with van der Waals surface area (Å²) >= 11 is 0. The van der Waals surface area contributed by atoms with Gasteiger partial charge in [-0.3, -0.25) is 0 Å². The van der Waals surface area contributed by atoms with Crippen molar-refractivity contribution in [3.05, 3.63) is 108 Å². The lowest BCUT2D eigenvalue weighted by Gasteiger charge is -2.12. The third kappa shape index (κ3) is 3.75. The van der Waals surface area contributed by atoms with E-state index in [1.807, 2.05) is 72.8 Å². The van der Waals surface area contributed by atoms with E-state index >= 15 is 0 Å². The van der Waals surface area contributed by atoms with Crippen LogP contribution in [0.25, 0.3) is 21.9 Å². The van der Waals surface area contributed by atoms with E-state index in [0.717, 1.165) is 27.5 Å². The maximum absolute atomic E-state index is 12.7. The molecule has 4 rings (SSSR count). The number of benzene rings is 4. The van der Waals surface area contributed by atoms with E-state index in [1.165, 1.54) is 0 Å². The molecule has 0 saturated carbocycles. The van der Waals surface area contributed by atoms with E-state index in [-0.39, 0.29) is 5.97 Å². The van der Waals surface area contributed by atoms with Gasteiger partial charge in [0.05, 0.1) is 12.2 Å². The van der Waals surface area contributed by atoms with Gasteiger partial charge in [0.15, 0.2) is 0 Å². The largest absolute Gasteiger partial charge is 0.462 e. The minimum Gasteiger partial charge on any atom is -0.462 e. The molecule has 2 heteroatoms. The van der Waals surface area contributed by atoms with Crippen molar-refractivity contribution in [1.29, 1.82) is 0 Å². The van der Waals surface area contributed by atoms with Crippen LogP contribution in [0.4, 0.5) is 0 Å². The summed E-state index contributed by atoms with van der Waals surface area (Å²) in [5, 5.41) is 2.28. The molecule has 0 amide bonds. The van der Waals surface area contributed by atoms with Crippen molar-refractivity contribution in [3.63, 3.8) is 0 Å². The molecule has 132 valence electrons. The van der Waals surface area contributed by atoms with Crippen molar-refractivity contribution < 1.29 is 9.53 Å². The second kappa shape index (κ2) is 7.88. The molecule has 0 fully saturated rings. The lowest BCUT2D eigenvalue weighted by atomic mass is 9.95. The average molecular weight is 352 g/mol. The molecule has 0 aromatic heterocycles. The number of fused-ring (bicyclic) bond motifs is 1. The first kappa shape index (κ1) is 17.0. The van der Waals surface area contributed by atoms with Crippen molar-refractivity contribution in [2.45, 2.75) is 6.42 Å². The van der Waals surface area contributed by atoms with Crippen molar-refractivity contribution >= 4 is 16.7 Å². The molecule has 0 bridgehead atoms. The molecular weight excluding hydrogens is 332 g/mol. The zero-order valence-electron chi connectivity index (χ0n) is 15.0. The molecular formula is C25H20O2. The summed E-state index contributed by atoms with van der Waals surface area (Å²) in [4.78, 5) is 12.7. The highest BCUT2D eigenvalue weighted by atomic mass is 16.5. The number of esters is 1. The first-order valence-electron chi connectivity index (χ1n) is 9.11. The first-order valence-corrected chi connectivity index (χ1v) is 9.11. The lowest BCUT2D eigenvalue weighted by Crippen LogP contribution is -2.09. The molecule has 0 spiro atoms. The van der Waals surface area contributed by atoms with E-state index in [4.69, 9.17) is 4.74 Å². The molecule has 2 nitrogen and oxygen atoms in total. The predicted octanol–water partition coefficient (Wildman–Crippen LogP) is 5.91. The van der Waals surface area contributed by atoms with Crippen LogP contribution in [-0.4, -0.2) is 12.6 Å². The highest BCUT2D eigenvalue weighted by Crippen LogP contribution is 2.31. The van der Waals surface area contributed by atoms with Crippen LogP contribution < -0.4 is 0 Å². The molecule has 0 heterocycles. The standard InChI is InChI=1S/C25H20O2/c26-25(27-18-17-19-9-2-1-3-10-19)24-15-7-6-14-23(24)22-16-8-12-20-11-4-5-13-21(20)22/h1-16H,17-18H2. The number of carbonyl (C=O) groups excluding carboxylic acids is 1. The Morgan fingerprint density at radius 1 is 0.667 bits per heavy atom. The fraction of sp³-hybridized carbons (Fsp3) is 0.0800. The maximum atomic E-state index is 12.7. The summed E-state index contributed by atoms with van der Waals surface area (Å²) in [5.41, 5.74) is 3.71. The van der Waals surface area contributed by atoms with Gasteiger partial charge in [0.2, 0.25) is 0 Å². The molecule has 27 heavy (non-hydrogen) atoms. The normalized spacial score (nSPS) is 10.7. The monoisotopic (exact) mass is 352 g/mol. The van der Waals surface area contributed by atoms with Gasteiger partial charge in [0.25, 0.3) is 0 Å². The fourth-order valence-electron chi connectivity index (χ4n) is 3.34. The number of hydrogen-bond donors (Lipinski definition) is 0. The van der Waals surface area contributed by atoms with Crippen molar-refractivity contribution in [2.75, 3.05) is 6.61 Å². The summed E-state index contributed by atoms with van der Waals surface area (Å²) in [5.74, 6) is -0.283. The van der Waals surface area contributed by atoms with Crippen molar-refractivity contribution in [2.24, 2.45) is 0 Å². The summed E-state index contributed by atoms with van der Waals surface area (Å²) in [6.45, 7) is 0.368. The van der Waals surface area contributed by atoms with E-state index in [2.05, 4.69) is 24.3 Å². The van der Waals surface area contributed by atoms with Crippen LogP contribution in [-0.2, 0) is 11.2 Å². The van der Waals surface area contributed by atoms with E-state index in [0.29, 0.717) is 18.6 Å². The Morgan fingerprint density at radius 3 is 2.22 bits per heavy atom. The molecule has 0 unspecified atom stereocenters. The number of rotatable bonds is 5. The Morgan fingerprint density at radius 2 is 1.33 bits per heavy atom. The van der Waals surface area contributed by atoms with Gasteiger partial charge in [0, 0.05) is 6.42 Å². The van der Waals surface area contributed by atoms with E-state index in [1.54, 1.807) is 0 Å². The van der Waals surface area contributed by atoms with Crippen molar-refractivity contribution in [3.8, 4) is 11.1 Å². The van der Waals surface area contributed by atoms with Gasteiger partial charge in [-0.15, -0.1) is 0 Å². The molecule has 0 atom stereocenters. The number of hydrogen-bond acceptors (Lipinski definition) is 2. The van der Waals surface area contributed by atoms with E-state index < -0.39 is 0 Å². The van der Waals surface area contributed by atoms with Crippen LogP contribution in [0.3, 0.4) is 0 Å². The minimum atomic E-state index is -0.283. The molecule has 4 aromatic rings.